The fourth-order valence-electron chi connectivity index (χ4n) is 2.20. The molecular formula is C18H21N3O5S. The van der Waals surface area contributed by atoms with Gasteiger partial charge in [0.25, 0.3) is 5.91 Å². The predicted molar refractivity (Wildman–Crippen MR) is 102 cm³/mol. The summed E-state index contributed by atoms with van der Waals surface area (Å²) in [7, 11) is -1.04. The number of ether oxygens (including phenoxy) is 2. The lowest BCUT2D eigenvalue weighted by atomic mass is 10.2. The third-order valence-corrected chi connectivity index (χ3v) is 4.93. The number of hydrogen-bond acceptors (Lipinski definition) is 6. The molecule has 2 aromatic rings. The highest BCUT2D eigenvalue weighted by Crippen LogP contribution is 2.29. The molecule has 2 rings (SSSR count). The van der Waals surface area contributed by atoms with E-state index in [4.69, 9.17) is 9.47 Å². The van der Waals surface area contributed by atoms with E-state index in [0.717, 1.165) is 11.1 Å². The Morgan fingerprint density at radius 1 is 1.11 bits per heavy atom. The van der Waals surface area contributed by atoms with Crippen molar-refractivity contribution in [2.24, 2.45) is 5.10 Å². The van der Waals surface area contributed by atoms with Gasteiger partial charge in [0.2, 0.25) is 10.0 Å². The molecule has 9 heteroatoms. The summed E-state index contributed by atoms with van der Waals surface area (Å²) in [6.45, 7) is 1.49. The van der Waals surface area contributed by atoms with Crippen LogP contribution in [0.15, 0.2) is 52.5 Å². The lowest BCUT2D eigenvalue weighted by Crippen LogP contribution is -2.34. The average molecular weight is 391 g/mol. The molecule has 2 aromatic carbocycles. The molecule has 27 heavy (non-hydrogen) atoms. The molecule has 144 valence electrons. The van der Waals surface area contributed by atoms with Crippen molar-refractivity contribution < 1.29 is 22.7 Å². The van der Waals surface area contributed by atoms with Gasteiger partial charge in [-0.2, -0.15) is 5.10 Å². The van der Waals surface area contributed by atoms with E-state index in [1.807, 2.05) is 31.2 Å². The smallest absolute Gasteiger partial charge is 0.255 e. The zero-order valence-electron chi connectivity index (χ0n) is 15.2. The van der Waals surface area contributed by atoms with Crippen molar-refractivity contribution in [2.45, 2.75) is 11.8 Å². The molecule has 0 fully saturated rings. The maximum atomic E-state index is 12.3. The monoisotopic (exact) mass is 391 g/mol. The normalized spacial score (nSPS) is 11.4. The summed E-state index contributed by atoms with van der Waals surface area (Å²) >= 11 is 0. The Morgan fingerprint density at radius 2 is 1.85 bits per heavy atom. The van der Waals surface area contributed by atoms with Crippen LogP contribution in [-0.4, -0.2) is 41.3 Å². The molecule has 1 amide bonds. The highest BCUT2D eigenvalue weighted by atomic mass is 32.2. The van der Waals surface area contributed by atoms with Crippen molar-refractivity contribution >= 4 is 22.1 Å². The minimum absolute atomic E-state index is 0.0452. The van der Waals surface area contributed by atoms with Gasteiger partial charge in [-0.15, -0.1) is 0 Å². The van der Waals surface area contributed by atoms with Gasteiger partial charge in [0, 0.05) is 6.07 Å². The molecule has 0 radical (unpaired) electrons. The maximum Gasteiger partial charge on any atom is 0.255 e. The van der Waals surface area contributed by atoms with E-state index in [9.17, 15) is 13.2 Å². The number of nitrogens with zero attached hydrogens (tertiary/aromatic N) is 1. The number of hydrazone groups is 1. The number of amides is 1. The van der Waals surface area contributed by atoms with E-state index < -0.39 is 22.5 Å². The van der Waals surface area contributed by atoms with Crippen molar-refractivity contribution in [1.82, 2.24) is 10.1 Å². The summed E-state index contributed by atoms with van der Waals surface area (Å²) in [5, 5.41) is 3.81. The zero-order chi connectivity index (χ0) is 19.9. The van der Waals surface area contributed by atoms with Crippen molar-refractivity contribution in [3.05, 3.63) is 53.6 Å². The lowest BCUT2D eigenvalue weighted by Gasteiger charge is -2.10. The van der Waals surface area contributed by atoms with Crippen LogP contribution < -0.4 is 19.6 Å². The van der Waals surface area contributed by atoms with Crippen LogP contribution in [0.25, 0.3) is 0 Å². The minimum Gasteiger partial charge on any atom is -0.493 e. The predicted octanol–water partition coefficient (Wildman–Crippen LogP) is 1.44. The van der Waals surface area contributed by atoms with Crippen LogP contribution in [-0.2, 0) is 14.8 Å². The molecule has 0 bridgehead atoms. The number of carbonyl (C=O) groups is 1. The largest absolute Gasteiger partial charge is 0.493 e. The molecule has 0 aliphatic heterocycles. The molecule has 0 heterocycles. The average Bonchev–Trinajstić information content (AvgIpc) is 2.66. The Balaban J connectivity index is 1.95. The van der Waals surface area contributed by atoms with Gasteiger partial charge in [-0.25, -0.2) is 18.6 Å². The standard InChI is InChI=1S/C18H21N3O5S/c1-13-5-4-6-14(9-13)11-19-21-18(22)12-20-27(23,24)15-7-8-16(25-2)17(10-15)26-3/h4-11,20H,12H2,1-3H3,(H,21,22). The molecule has 0 aromatic heterocycles. The topological polar surface area (TPSA) is 106 Å². The van der Waals surface area contributed by atoms with Crippen LogP contribution in [0, 0.1) is 6.92 Å². The number of carbonyl (C=O) groups excluding carboxylic acids is 1. The summed E-state index contributed by atoms with van der Waals surface area (Å²) < 4.78 is 37.0. The van der Waals surface area contributed by atoms with E-state index in [1.54, 1.807) is 0 Å². The highest BCUT2D eigenvalue weighted by Gasteiger charge is 2.18. The quantitative estimate of drug-likeness (QED) is 0.523. The van der Waals surface area contributed by atoms with Crippen LogP contribution in [0.5, 0.6) is 11.5 Å². The first-order chi connectivity index (χ1) is 12.9. The van der Waals surface area contributed by atoms with Gasteiger partial charge in [-0.3, -0.25) is 4.79 Å². The second-order valence-electron chi connectivity index (χ2n) is 5.55. The third kappa shape index (κ3) is 5.80. The summed E-state index contributed by atoms with van der Waals surface area (Å²) in [5.74, 6) is 0.0789. The Kier molecular flexibility index (Phi) is 6.91. The van der Waals surface area contributed by atoms with E-state index in [1.165, 1.54) is 38.6 Å². The van der Waals surface area contributed by atoms with Gasteiger partial charge >= 0.3 is 0 Å². The van der Waals surface area contributed by atoms with Gasteiger partial charge in [0.1, 0.15) is 0 Å². The Hall–Kier alpha value is -2.91. The number of aryl methyl sites for hydroxylation is 1. The zero-order valence-corrected chi connectivity index (χ0v) is 16.0. The fourth-order valence-corrected chi connectivity index (χ4v) is 3.19. The second kappa shape index (κ2) is 9.15. The van der Waals surface area contributed by atoms with Crippen molar-refractivity contribution in [1.29, 1.82) is 0 Å². The fraction of sp³-hybridized carbons (Fsp3) is 0.222. The summed E-state index contributed by atoms with van der Waals surface area (Å²) in [4.78, 5) is 11.8. The Morgan fingerprint density at radius 3 is 2.52 bits per heavy atom. The molecular weight excluding hydrogens is 370 g/mol. The van der Waals surface area contributed by atoms with Gasteiger partial charge in [-0.05, 0) is 24.6 Å². The molecule has 0 aliphatic carbocycles. The van der Waals surface area contributed by atoms with Crippen molar-refractivity contribution in [3.8, 4) is 11.5 Å². The number of benzene rings is 2. The highest BCUT2D eigenvalue weighted by molar-refractivity contribution is 7.89. The van der Waals surface area contributed by atoms with E-state index >= 15 is 0 Å². The summed E-state index contributed by atoms with van der Waals surface area (Å²) in [6, 6.07) is 11.7. The number of hydrogen-bond donors (Lipinski definition) is 2. The molecule has 0 saturated heterocycles. The molecule has 0 spiro atoms. The van der Waals surface area contributed by atoms with Crippen LogP contribution in [0.4, 0.5) is 0 Å². The third-order valence-electron chi connectivity index (χ3n) is 3.53. The minimum atomic E-state index is -3.89. The first-order valence-corrected chi connectivity index (χ1v) is 9.44. The molecule has 0 saturated carbocycles. The van der Waals surface area contributed by atoms with Gasteiger partial charge in [0.05, 0.1) is 31.9 Å². The van der Waals surface area contributed by atoms with Gasteiger partial charge in [0.15, 0.2) is 11.5 Å². The Labute approximate surface area is 158 Å². The SMILES string of the molecule is COc1ccc(S(=O)(=O)NCC(=O)NN=Cc2cccc(C)c2)cc1OC. The number of rotatable bonds is 8. The molecule has 8 nitrogen and oxygen atoms in total. The number of sulfonamides is 1. The summed E-state index contributed by atoms with van der Waals surface area (Å²) in [5.41, 5.74) is 4.16. The van der Waals surface area contributed by atoms with Gasteiger partial charge < -0.3 is 9.47 Å². The maximum absolute atomic E-state index is 12.3. The van der Waals surface area contributed by atoms with Gasteiger partial charge in [-0.1, -0.05) is 29.8 Å². The van der Waals surface area contributed by atoms with Crippen LogP contribution in [0.3, 0.4) is 0 Å². The van der Waals surface area contributed by atoms with E-state index in [-0.39, 0.29) is 10.6 Å². The van der Waals surface area contributed by atoms with E-state index in [2.05, 4.69) is 15.2 Å². The summed E-state index contributed by atoms with van der Waals surface area (Å²) in [6.07, 6.45) is 1.48. The van der Waals surface area contributed by atoms with Crippen molar-refractivity contribution in [3.63, 3.8) is 0 Å². The molecule has 2 N–H and O–H groups in total. The number of nitrogens with one attached hydrogen (secondary N) is 2. The first kappa shape index (κ1) is 20.4. The Bertz CT molecular complexity index is 942. The number of methoxy groups -OCH3 is 2. The lowest BCUT2D eigenvalue weighted by molar-refractivity contribution is -0.119. The molecule has 0 atom stereocenters. The van der Waals surface area contributed by atoms with Crippen molar-refractivity contribution in [2.75, 3.05) is 20.8 Å². The molecule has 0 unspecified atom stereocenters. The van der Waals surface area contributed by atoms with Crippen LogP contribution in [0.1, 0.15) is 11.1 Å². The molecule has 0 aliphatic rings. The van der Waals surface area contributed by atoms with Crippen LogP contribution in [0.2, 0.25) is 0 Å². The van der Waals surface area contributed by atoms with Crippen LogP contribution >= 0.6 is 0 Å². The first-order valence-electron chi connectivity index (χ1n) is 7.96. The second-order valence-corrected chi connectivity index (χ2v) is 7.32. The van der Waals surface area contributed by atoms with E-state index in [0.29, 0.717) is 5.75 Å².